The van der Waals surface area contributed by atoms with Crippen LogP contribution in [-0.2, 0) is 17.1 Å². The SMILES string of the molecule is C=C(C)c1cc(S(N)(=O)=O)nn1C. The maximum absolute atomic E-state index is 10.9. The Labute approximate surface area is 76.9 Å². The Morgan fingerprint density at radius 3 is 2.46 bits per heavy atom. The van der Waals surface area contributed by atoms with Crippen molar-refractivity contribution in [2.45, 2.75) is 11.9 Å². The minimum atomic E-state index is -3.71. The fourth-order valence-electron chi connectivity index (χ4n) is 0.979. The molecule has 0 aliphatic rings. The molecule has 6 heteroatoms. The van der Waals surface area contributed by atoms with Crippen molar-refractivity contribution in [3.05, 3.63) is 18.3 Å². The van der Waals surface area contributed by atoms with E-state index in [2.05, 4.69) is 11.7 Å². The van der Waals surface area contributed by atoms with Crippen LogP contribution in [0.5, 0.6) is 0 Å². The molecule has 0 unspecified atom stereocenters. The molecule has 1 heterocycles. The van der Waals surface area contributed by atoms with Crippen LogP contribution in [0.1, 0.15) is 12.6 Å². The van der Waals surface area contributed by atoms with E-state index in [9.17, 15) is 8.42 Å². The van der Waals surface area contributed by atoms with Gasteiger partial charge in [0.25, 0.3) is 10.0 Å². The van der Waals surface area contributed by atoms with E-state index >= 15 is 0 Å². The molecule has 5 nitrogen and oxygen atoms in total. The number of nitrogens with two attached hydrogens (primary N) is 1. The molecule has 0 amide bonds. The summed E-state index contributed by atoms with van der Waals surface area (Å²) in [5, 5.41) is 8.52. The summed E-state index contributed by atoms with van der Waals surface area (Å²) in [6.45, 7) is 5.45. The van der Waals surface area contributed by atoms with Crippen LogP contribution in [0, 0.1) is 0 Å². The van der Waals surface area contributed by atoms with Gasteiger partial charge in [-0.3, -0.25) is 4.68 Å². The van der Waals surface area contributed by atoms with E-state index in [4.69, 9.17) is 5.14 Å². The summed E-state index contributed by atoms with van der Waals surface area (Å²) in [5.74, 6) is 0. The van der Waals surface area contributed by atoms with Gasteiger partial charge in [0.05, 0.1) is 5.69 Å². The highest BCUT2D eigenvalue weighted by Crippen LogP contribution is 2.14. The average molecular weight is 201 g/mol. The van der Waals surface area contributed by atoms with Gasteiger partial charge in [-0.2, -0.15) is 5.10 Å². The van der Waals surface area contributed by atoms with Crippen LogP contribution < -0.4 is 5.14 Å². The highest BCUT2D eigenvalue weighted by atomic mass is 32.2. The summed E-state index contributed by atoms with van der Waals surface area (Å²) >= 11 is 0. The van der Waals surface area contributed by atoms with Gasteiger partial charge in [-0.25, -0.2) is 13.6 Å². The Morgan fingerprint density at radius 1 is 1.69 bits per heavy atom. The highest BCUT2D eigenvalue weighted by molar-refractivity contribution is 7.89. The van der Waals surface area contributed by atoms with E-state index in [1.807, 2.05) is 0 Å². The fourth-order valence-corrected chi connectivity index (χ4v) is 1.49. The monoisotopic (exact) mass is 201 g/mol. The number of hydrogen-bond donors (Lipinski definition) is 1. The van der Waals surface area contributed by atoms with Gasteiger partial charge in [0.1, 0.15) is 0 Å². The van der Waals surface area contributed by atoms with Gasteiger partial charge in [-0.05, 0) is 12.5 Å². The summed E-state index contributed by atoms with van der Waals surface area (Å²) in [6.07, 6.45) is 0. The zero-order chi connectivity index (χ0) is 10.2. The summed E-state index contributed by atoms with van der Waals surface area (Å²) in [6, 6.07) is 1.40. The van der Waals surface area contributed by atoms with Gasteiger partial charge in [-0.15, -0.1) is 0 Å². The Morgan fingerprint density at radius 2 is 2.23 bits per heavy atom. The Hall–Kier alpha value is -1.14. The molecule has 1 aromatic rings. The van der Waals surface area contributed by atoms with E-state index in [-0.39, 0.29) is 5.03 Å². The number of rotatable bonds is 2. The number of aryl methyl sites for hydroxylation is 1. The van der Waals surface area contributed by atoms with Crippen LogP contribution in [0.2, 0.25) is 0 Å². The molecular weight excluding hydrogens is 190 g/mol. The molecule has 13 heavy (non-hydrogen) atoms. The lowest BCUT2D eigenvalue weighted by Gasteiger charge is -1.96. The molecule has 2 N–H and O–H groups in total. The first-order valence-electron chi connectivity index (χ1n) is 3.55. The second kappa shape index (κ2) is 2.97. The lowest BCUT2D eigenvalue weighted by Crippen LogP contribution is -2.13. The van der Waals surface area contributed by atoms with Crippen LogP contribution in [0.25, 0.3) is 5.57 Å². The van der Waals surface area contributed by atoms with Gasteiger partial charge in [-0.1, -0.05) is 6.58 Å². The third-order valence-corrected chi connectivity index (χ3v) is 2.37. The van der Waals surface area contributed by atoms with Crippen molar-refractivity contribution < 1.29 is 8.42 Å². The van der Waals surface area contributed by atoms with E-state index in [1.54, 1.807) is 14.0 Å². The maximum atomic E-state index is 10.9. The van der Waals surface area contributed by atoms with Gasteiger partial charge in [0.15, 0.2) is 5.03 Å². The van der Waals surface area contributed by atoms with Crippen molar-refractivity contribution in [1.82, 2.24) is 9.78 Å². The molecule has 0 saturated carbocycles. The third kappa shape index (κ3) is 1.96. The van der Waals surface area contributed by atoms with Gasteiger partial charge in [0.2, 0.25) is 0 Å². The molecule has 0 saturated heterocycles. The Bertz CT molecular complexity index is 444. The number of allylic oxidation sites excluding steroid dienone is 1. The Balaban J connectivity index is 3.33. The summed E-state index contributed by atoms with van der Waals surface area (Å²) in [7, 11) is -2.07. The number of aromatic nitrogens is 2. The van der Waals surface area contributed by atoms with E-state index in [1.165, 1.54) is 10.7 Å². The number of hydrogen-bond acceptors (Lipinski definition) is 3. The predicted molar refractivity (Wildman–Crippen MR) is 49.3 cm³/mol. The smallest absolute Gasteiger partial charge is 0.257 e. The van der Waals surface area contributed by atoms with Crippen molar-refractivity contribution in [3.8, 4) is 0 Å². The molecule has 0 atom stereocenters. The minimum Gasteiger partial charge on any atom is -0.267 e. The second-order valence-corrected chi connectivity index (χ2v) is 4.33. The summed E-state index contributed by atoms with van der Waals surface area (Å²) in [4.78, 5) is 0. The molecule has 0 aliphatic heterocycles. The molecule has 0 spiro atoms. The predicted octanol–water partition coefficient (Wildman–Crippen LogP) is 0.101. The topological polar surface area (TPSA) is 78.0 Å². The first kappa shape index (κ1) is 9.94. The van der Waals surface area contributed by atoms with Crippen LogP contribution in [-0.4, -0.2) is 18.2 Å². The van der Waals surface area contributed by atoms with E-state index in [0.717, 1.165) is 5.57 Å². The molecule has 1 rings (SSSR count). The molecule has 72 valence electrons. The molecule has 0 bridgehead atoms. The molecule has 0 aromatic carbocycles. The van der Waals surface area contributed by atoms with Gasteiger partial charge < -0.3 is 0 Å². The van der Waals surface area contributed by atoms with Crippen molar-refractivity contribution >= 4 is 15.6 Å². The minimum absolute atomic E-state index is 0.131. The quantitative estimate of drug-likeness (QED) is 0.737. The second-order valence-electron chi connectivity index (χ2n) is 2.82. The number of nitrogens with zero attached hydrogens (tertiary/aromatic N) is 2. The number of sulfonamides is 1. The van der Waals surface area contributed by atoms with Crippen molar-refractivity contribution in [2.75, 3.05) is 0 Å². The van der Waals surface area contributed by atoms with E-state index in [0.29, 0.717) is 5.69 Å². The van der Waals surface area contributed by atoms with Gasteiger partial charge >= 0.3 is 0 Å². The molecule has 0 aliphatic carbocycles. The lowest BCUT2D eigenvalue weighted by molar-refractivity contribution is 0.589. The average Bonchev–Trinajstić information content (AvgIpc) is 2.29. The molecule has 1 aromatic heterocycles. The fraction of sp³-hybridized carbons (Fsp3) is 0.286. The van der Waals surface area contributed by atoms with Crippen LogP contribution in [0.15, 0.2) is 17.7 Å². The molecular formula is C7H11N3O2S. The third-order valence-electron chi connectivity index (χ3n) is 1.59. The molecule has 0 fully saturated rings. The molecule has 0 radical (unpaired) electrons. The highest BCUT2D eigenvalue weighted by Gasteiger charge is 2.14. The first-order valence-corrected chi connectivity index (χ1v) is 5.09. The number of primary sulfonamides is 1. The van der Waals surface area contributed by atoms with Crippen molar-refractivity contribution in [3.63, 3.8) is 0 Å². The zero-order valence-corrected chi connectivity index (χ0v) is 8.30. The lowest BCUT2D eigenvalue weighted by atomic mass is 10.2. The largest absolute Gasteiger partial charge is 0.267 e. The summed E-state index contributed by atoms with van der Waals surface area (Å²) in [5.41, 5.74) is 1.40. The summed E-state index contributed by atoms with van der Waals surface area (Å²) < 4.78 is 23.2. The normalized spacial score (nSPS) is 11.6. The van der Waals surface area contributed by atoms with Crippen LogP contribution >= 0.6 is 0 Å². The maximum Gasteiger partial charge on any atom is 0.257 e. The Kier molecular flexibility index (Phi) is 2.27. The van der Waals surface area contributed by atoms with Crippen molar-refractivity contribution in [2.24, 2.45) is 12.2 Å². The standard InChI is InChI=1S/C7H11N3O2S/c1-5(2)6-4-7(9-10(6)3)13(8,11)12/h4H,1H2,2-3H3,(H2,8,11,12). The zero-order valence-electron chi connectivity index (χ0n) is 7.48. The van der Waals surface area contributed by atoms with Gasteiger partial charge in [0, 0.05) is 13.1 Å². The van der Waals surface area contributed by atoms with E-state index < -0.39 is 10.0 Å². The van der Waals surface area contributed by atoms with Crippen LogP contribution in [0.3, 0.4) is 0 Å². The van der Waals surface area contributed by atoms with Crippen LogP contribution in [0.4, 0.5) is 0 Å². The first-order chi connectivity index (χ1) is 5.82. The van der Waals surface area contributed by atoms with Crippen molar-refractivity contribution in [1.29, 1.82) is 0 Å².